The summed E-state index contributed by atoms with van der Waals surface area (Å²) < 4.78 is 0. The van der Waals surface area contributed by atoms with Gasteiger partial charge in [0.15, 0.2) is 5.78 Å². The van der Waals surface area contributed by atoms with Crippen LogP contribution >= 0.6 is 0 Å². The van der Waals surface area contributed by atoms with Gasteiger partial charge in [0.2, 0.25) is 0 Å². The van der Waals surface area contributed by atoms with Crippen LogP contribution in [-0.2, 0) is 10.8 Å². The molecule has 0 radical (unpaired) electrons. The van der Waals surface area contributed by atoms with Gasteiger partial charge in [0.1, 0.15) is 0 Å². The van der Waals surface area contributed by atoms with E-state index in [1.54, 1.807) is 0 Å². The number of hydrogen-bond acceptors (Lipinski definition) is 1. The average Bonchev–Trinajstić information content (AvgIpc) is 1.55. The highest BCUT2D eigenvalue weighted by atomic mass is 16.1. The van der Waals surface area contributed by atoms with Gasteiger partial charge in [0.05, 0.1) is 10.8 Å². The summed E-state index contributed by atoms with van der Waals surface area (Å²) in [5.41, 5.74) is 36.3. The summed E-state index contributed by atoms with van der Waals surface area (Å²) in [4.78, 5) is 12.1. The molecule has 4 aliphatic carbocycles. The summed E-state index contributed by atoms with van der Waals surface area (Å²) in [7, 11) is 0. The van der Waals surface area contributed by atoms with E-state index in [1.807, 2.05) is 62.4 Å². The first-order valence-corrected chi connectivity index (χ1v) is 29.5. The van der Waals surface area contributed by atoms with Crippen molar-refractivity contribution in [3.63, 3.8) is 0 Å². The maximum atomic E-state index is 12.1. The summed E-state index contributed by atoms with van der Waals surface area (Å²) in [6.45, 7) is 17.1. The molecule has 16 rings (SSSR count). The molecule has 0 unspecified atom stereocenters. The van der Waals surface area contributed by atoms with Crippen LogP contribution in [0, 0.1) is 55.4 Å². The second-order valence-electron chi connectivity index (χ2n) is 23.7. The average molecular weight is 1080 g/mol. The van der Waals surface area contributed by atoms with E-state index in [2.05, 4.69) is 260 Å². The molecule has 0 bridgehead atoms. The largest absolute Gasteiger partial charge is 0.289 e. The maximum absolute atomic E-state index is 12.1. The number of benzene rings is 12. The molecule has 406 valence electrons. The molecule has 0 heterocycles. The fraction of sp³-hybridized carbons (Fsp3) is 0.120. The Hall–Kier alpha value is -9.69. The highest BCUT2D eigenvalue weighted by Crippen LogP contribution is 2.64. The van der Waals surface area contributed by atoms with Crippen LogP contribution in [0.3, 0.4) is 0 Å². The summed E-state index contributed by atoms with van der Waals surface area (Å²) in [5, 5.41) is 0. The number of ketones is 1. The Kier molecular flexibility index (Phi) is 13.8. The molecule has 0 atom stereocenters. The lowest BCUT2D eigenvalue weighted by molar-refractivity contribution is 0.103. The highest BCUT2D eigenvalue weighted by Gasteiger charge is 2.53. The normalized spacial score (nSPS) is 13.0. The van der Waals surface area contributed by atoms with Gasteiger partial charge in [0.25, 0.3) is 0 Å². The van der Waals surface area contributed by atoms with Gasteiger partial charge >= 0.3 is 0 Å². The van der Waals surface area contributed by atoms with E-state index in [0.717, 1.165) is 11.1 Å². The van der Waals surface area contributed by atoms with Gasteiger partial charge in [-0.3, -0.25) is 4.79 Å². The van der Waals surface area contributed by atoms with Gasteiger partial charge in [-0.05, 0) is 156 Å². The van der Waals surface area contributed by atoms with Crippen LogP contribution in [0.1, 0.15) is 105 Å². The molecule has 0 fully saturated rings. The van der Waals surface area contributed by atoms with Crippen LogP contribution in [-0.4, -0.2) is 5.78 Å². The lowest BCUT2D eigenvalue weighted by atomic mass is 9.70. The third-order valence-electron chi connectivity index (χ3n) is 17.8. The van der Waals surface area contributed by atoms with Gasteiger partial charge in [-0.15, -0.1) is 0 Å². The van der Waals surface area contributed by atoms with E-state index >= 15 is 0 Å². The molecule has 1 nitrogen and oxygen atoms in total. The van der Waals surface area contributed by atoms with E-state index in [4.69, 9.17) is 0 Å². The first kappa shape index (κ1) is 53.6. The van der Waals surface area contributed by atoms with Crippen molar-refractivity contribution in [3.8, 4) is 55.6 Å². The van der Waals surface area contributed by atoms with Crippen LogP contribution in [0.25, 0.3) is 55.6 Å². The van der Waals surface area contributed by atoms with Crippen LogP contribution in [0.5, 0.6) is 0 Å². The summed E-state index contributed by atoms with van der Waals surface area (Å²) in [6, 6.07) is 96.3. The van der Waals surface area contributed by atoms with Crippen molar-refractivity contribution >= 4 is 5.78 Å². The molecular formula is C83H68O. The standard InChI is InChI=1S/2C27H20.C15H14O.C14H14/c2*1-17-11-13-21-22-14-12-18(2)16-26(22)27(25(21)15-17)23-9-5-3-7-19(23)20-8-4-6-10-24(20)27;1-11-3-7-13(8-4-11)15(16)14-9-5-12(2)6-10-14;1-11-5-3-7-13(9-11)14-8-4-6-12(2)10-14/h2*3-16H,1-2H3;3-10H,1-2H3;3-10H,1-2H3. The van der Waals surface area contributed by atoms with E-state index in [9.17, 15) is 4.79 Å². The first-order valence-electron chi connectivity index (χ1n) is 29.5. The Labute approximate surface area is 496 Å². The minimum atomic E-state index is -0.199. The molecule has 2 spiro atoms. The SMILES string of the molecule is Cc1ccc(C(=O)c2ccc(C)cc2)cc1.Cc1ccc2c(c1)C1(c3ccccc3-c3ccccc31)c1cc(C)ccc1-2.Cc1ccc2c(c1)C1(c3ccccc3-c3ccccc31)c1cc(C)ccc1-2.Cc1cccc(-c2cccc(C)c2)c1. The molecule has 12 aromatic carbocycles. The molecule has 0 saturated carbocycles. The van der Waals surface area contributed by atoms with Gasteiger partial charge < -0.3 is 0 Å². The quantitative estimate of drug-likeness (QED) is 0.161. The maximum Gasteiger partial charge on any atom is 0.193 e. The predicted octanol–water partition coefficient (Wildman–Crippen LogP) is 20.8. The number of aryl methyl sites for hydroxylation is 8. The van der Waals surface area contributed by atoms with Crippen molar-refractivity contribution in [1.29, 1.82) is 0 Å². The number of fused-ring (bicyclic) bond motifs is 20. The second kappa shape index (κ2) is 21.6. The molecular weight excluding hydrogens is 1010 g/mol. The Morgan fingerprint density at radius 1 is 0.214 bits per heavy atom. The van der Waals surface area contributed by atoms with Crippen LogP contribution in [0.15, 0.2) is 267 Å². The van der Waals surface area contributed by atoms with Crippen LogP contribution < -0.4 is 0 Å². The molecule has 0 amide bonds. The second-order valence-corrected chi connectivity index (χ2v) is 23.7. The van der Waals surface area contributed by atoms with Gasteiger partial charge in [0, 0.05) is 11.1 Å². The topological polar surface area (TPSA) is 17.1 Å². The summed E-state index contributed by atoms with van der Waals surface area (Å²) in [5.74, 6) is 0.0833. The Bertz CT molecular complexity index is 4040. The zero-order valence-corrected chi connectivity index (χ0v) is 49.3. The Balaban J connectivity index is 0.000000109. The van der Waals surface area contributed by atoms with E-state index in [-0.39, 0.29) is 16.6 Å². The zero-order chi connectivity index (χ0) is 57.9. The number of hydrogen-bond donors (Lipinski definition) is 0. The van der Waals surface area contributed by atoms with Gasteiger partial charge in [-0.1, -0.05) is 311 Å². The van der Waals surface area contributed by atoms with Crippen molar-refractivity contribution in [1.82, 2.24) is 0 Å². The third kappa shape index (κ3) is 8.98. The molecule has 12 aromatic rings. The molecule has 1 heteroatoms. The molecule has 0 aromatic heterocycles. The lowest BCUT2D eigenvalue weighted by Crippen LogP contribution is -2.26. The smallest absolute Gasteiger partial charge is 0.193 e. The van der Waals surface area contributed by atoms with Crippen molar-refractivity contribution in [3.05, 3.63) is 367 Å². The molecule has 84 heavy (non-hydrogen) atoms. The summed E-state index contributed by atoms with van der Waals surface area (Å²) >= 11 is 0. The van der Waals surface area contributed by atoms with E-state index < -0.39 is 0 Å². The van der Waals surface area contributed by atoms with E-state index in [1.165, 1.54) is 145 Å². The minimum Gasteiger partial charge on any atom is -0.289 e. The van der Waals surface area contributed by atoms with Crippen molar-refractivity contribution < 1.29 is 4.79 Å². The van der Waals surface area contributed by atoms with E-state index in [0.29, 0.717) is 0 Å². The lowest BCUT2D eigenvalue weighted by Gasteiger charge is -2.30. The number of rotatable bonds is 3. The molecule has 0 aliphatic heterocycles. The summed E-state index contributed by atoms with van der Waals surface area (Å²) in [6.07, 6.45) is 0. The first-order chi connectivity index (χ1) is 40.8. The third-order valence-corrected chi connectivity index (χ3v) is 17.8. The molecule has 0 saturated heterocycles. The number of carbonyl (C=O) groups excluding carboxylic acids is 1. The molecule has 4 aliphatic rings. The minimum absolute atomic E-state index is 0.0833. The van der Waals surface area contributed by atoms with Crippen LogP contribution in [0.4, 0.5) is 0 Å². The van der Waals surface area contributed by atoms with Crippen LogP contribution in [0.2, 0.25) is 0 Å². The van der Waals surface area contributed by atoms with Gasteiger partial charge in [-0.2, -0.15) is 0 Å². The Morgan fingerprint density at radius 2 is 0.452 bits per heavy atom. The monoisotopic (exact) mass is 1080 g/mol. The fourth-order valence-electron chi connectivity index (χ4n) is 14.0. The highest BCUT2D eigenvalue weighted by molar-refractivity contribution is 6.09. The van der Waals surface area contributed by atoms with Crippen molar-refractivity contribution in [2.24, 2.45) is 0 Å². The fourth-order valence-corrected chi connectivity index (χ4v) is 14.0. The number of carbonyl (C=O) groups is 1. The predicted molar refractivity (Wildman–Crippen MR) is 352 cm³/mol. The molecule has 0 N–H and O–H groups in total. The van der Waals surface area contributed by atoms with Crippen molar-refractivity contribution in [2.45, 2.75) is 66.2 Å². The Morgan fingerprint density at radius 3 is 0.726 bits per heavy atom. The zero-order valence-electron chi connectivity index (χ0n) is 49.3. The van der Waals surface area contributed by atoms with Gasteiger partial charge in [-0.25, -0.2) is 0 Å². The van der Waals surface area contributed by atoms with Crippen molar-refractivity contribution in [2.75, 3.05) is 0 Å².